The highest BCUT2D eigenvalue weighted by Crippen LogP contribution is 2.48. The molecular formula is C23H18N2O2. The fourth-order valence-corrected chi connectivity index (χ4v) is 4.38. The topological polar surface area (TPSA) is 48.1 Å². The van der Waals surface area contributed by atoms with Crippen LogP contribution >= 0.6 is 0 Å². The van der Waals surface area contributed by atoms with Crippen molar-refractivity contribution in [2.45, 2.75) is 19.3 Å². The van der Waals surface area contributed by atoms with Gasteiger partial charge in [0.15, 0.2) is 0 Å². The van der Waals surface area contributed by atoms with E-state index in [0.29, 0.717) is 5.56 Å². The van der Waals surface area contributed by atoms with E-state index in [4.69, 9.17) is 0 Å². The third-order valence-corrected chi connectivity index (χ3v) is 5.67. The minimum atomic E-state index is -0.306. The number of nitrogens with zero attached hydrogens (tertiary/aromatic N) is 2. The highest BCUT2D eigenvalue weighted by Gasteiger charge is 2.37. The van der Waals surface area contributed by atoms with E-state index in [1.54, 1.807) is 12.1 Å². The van der Waals surface area contributed by atoms with Crippen LogP contribution in [-0.2, 0) is 5.41 Å². The number of hydrogen-bond donors (Lipinski definition) is 0. The number of aromatic nitrogens is 1. The predicted octanol–water partition coefficient (Wildman–Crippen LogP) is 5.85. The van der Waals surface area contributed by atoms with E-state index in [1.807, 2.05) is 30.3 Å². The normalized spacial score (nSPS) is 14.1. The fraction of sp³-hybridized carbons (Fsp3) is 0.130. The Morgan fingerprint density at radius 3 is 2.41 bits per heavy atom. The first-order valence-corrected chi connectivity index (χ1v) is 8.99. The third-order valence-electron chi connectivity index (χ3n) is 5.67. The summed E-state index contributed by atoms with van der Waals surface area (Å²) in [6.45, 7) is 4.46. The summed E-state index contributed by atoms with van der Waals surface area (Å²) >= 11 is 0. The maximum atomic E-state index is 11.6. The van der Waals surface area contributed by atoms with Crippen LogP contribution in [0.15, 0.2) is 72.8 Å². The second-order valence-electron chi connectivity index (χ2n) is 7.52. The van der Waals surface area contributed by atoms with Crippen LogP contribution in [0.1, 0.15) is 25.1 Å². The molecule has 5 rings (SSSR count). The average molecular weight is 354 g/mol. The Hall–Kier alpha value is -3.40. The van der Waals surface area contributed by atoms with E-state index in [2.05, 4.69) is 48.7 Å². The van der Waals surface area contributed by atoms with Crippen LogP contribution in [0.2, 0.25) is 0 Å². The first-order chi connectivity index (χ1) is 13.0. The summed E-state index contributed by atoms with van der Waals surface area (Å²) in [5, 5.41) is 12.7. The lowest BCUT2D eigenvalue weighted by molar-refractivity contribution is -0.384. The van der Waals surface area contributed by atoms with Crippen molar-refractivity contribution in [2.24, 2.45) is 0 Å². The molecule has 1 aliphatic rings. The summed E-state index contributed by atoms with van der Waals surface area (Å²) in [6, 6.07) is 23.6. The number of hydrogen-bond acceptors (Lipinski definition) is 2. The lowest BCUT2D eigenvalue weighted by atomic mass is 9.83. The molecular weight excluding hydrogens is 336 g/mol. The molecule has 1 aliphatic heterocycles. The van der Waals surface area contributed by atoms with E-state index in [1.165, 1.54) is 11.3 Å². The molecule has 0 aliphatic carbocycles. The van der Waals surface area contributed by atoms with Gasteiger partial charge in [-0.25, -0.2) is 0 Å². The molecule has 0 saturated heterocycles. The van der Waals surface area contributed by atoms with Crippen LogP contribution in [0.3, 0.4) is 0 Å². The molecule has 0 atom stereocenters. The van der Waals surface area contributed by atoms with Gasteiger partial charge in [-0.3, -0.25) is 10.1 Å². The molecule has 4 heteroatoms. The second kappa shape index (κ2) is 5.30. The molecule has 0 spiro atoms. The Bertz CT molecular complexity index is 1230. The molecule has 132 valence electrons. The maximum absolute atomic E-state index is 11.6. The van der Waals surface area contributed by atoms with Crippen molar-refractivity contribution in [3.05, 3.63) is 94.2 Å². The van der Waals surface area contributed by atoms with Crippen LogP contribution in [0.4, 0.5) is 5.69 Å². The molecule has 3 aromatic carbocycles. The van der Waals surface area contributed by atoms with Gasteiger partial charge in [0.05, 0.1) is 21.7 Å². The number of para-hydroxylation sites is 3. The maximum Gasteiger partial charge on any atom is 0.277 e. The lowest BCUT2D eigenvalue weighted by Gasteiger charge is -2.18. The molecule has 1 aromatic heterocycles. The standard InChI is InChI=1S/C23H18N2O2/c1-23(2)18-11-4-6-13-20(18)24-21(23)14-15-8-7-10-17(22(15)24)16-9-3-5-12-19(16)25(26)27/h3-14H,1-2H3. The summed E-state index contributed by atoms with van der Waals surface area (Å²) < 4.78 is 2.27. The van der Waals surface area contributed by atoms with E-state index in [9.17, 15) is 10.1 Å². The Labute approximate surface area is 156 Å². The van der Waals surface area contributed by atoms with E-state index < -0.39 is 0 Å². The van der Waals surface area contributed by atoms with Gasteiger partial charge in [0, 0.05) is 28.1 Å². The summed E-state index contributed by atoms with van der Waals surface area (Å²) in [5.74, 6) is 0. The van der Waals surface area contributed by atoms with E-state index in [0.717, 1.165) is 22.2 Å². The summed E-state index contributed by atoms with van der Waals surface area (Å²) in [5.41, 5.74) is 6.22. The van der Waals surface area contributed by atoms with Crippen molar-refractivity contribution in [2.75, 3.05) is 0 Å². The monoisotopic (exact) mass is 354 g/mol. The van der Waals surface area contributed by atoms with Gasteiger partial charge in [-0.1, -0.05) is 62.4 Å². The Kier molecular flexibility index (Phi) is 3.11. The number of fused-ring (bicyclic) bond motifs is 5. The van der Waals surface area contributed by atoms with Crippen LogP contribution in [-0.4, -0.2) is 9.49 Å². The number of nitro groups is 1. The van der Waals surface area contributed by atoms with Gasteiger partial charge in [0.2, 0.25) is 0 Å². The first-order valence-electron chi connectivity index (χ1n) is 8.99. The summed E-state index contributed by atoms with van der Waals surface area (Å²) in [6.07, 6.45) is 0. The highest BCUT2D eigenvalue weighted by atomic mass is 16.6. The highest BCUT2D eigenvalue weighted by molar-refractivity contribution is 5.99. The van der Waals surface area contributed by atoms with Crippen molar-refractivity contribution < 1.29 is 4.92 Å². The van der Waals surface area contributed by atoms with Gasteiger partial charge in [-0.2, -0.15) is 0 Å². The molecule has 4 aromatic rings. The van der Waals surface area contributed by atoms with Crippen molar-refractivity contribution in [3.8, 4) is 16.8 Å². The minimum Gasteiger partial charge on any atom is -0.312 e. The quantitative estimate of drug-likeness (QED) is 0.335. The number of nitro benzene ring substituents is 1. The zero-order valence-electron chi connectivity index (χ0n) is 15.1. The smallest absolute Gasteiger partial charge is 0.277 e. The van der Waals surface area contributed by atoms with Gasteiger partial charge >= 0.3 is 0 Å². The largest absolute Gasteiger partial charge is 0.312 e. The van der Waals surface area contributed by atoms with Gasteiger partial charge in [0.1, 0.15) is 0 Å². The Morgan fingerprint density at radius 1 is 0.889 bits per heavy atom. The molecule has 0 unspecified atom stereocenters. The molecule has 0 radical (unpaired) electrons. The van der Waals surface area contributed by atoms with Crippen LogP contribution in [0.5, 0.6) is 0 Å². The minimum absolute atomic E-state index is 0.116. The van der Waals surface area contributed by atoms with Crippen LogP contribution < -0.4 is 0 Å². The van der Waals surface area contributed by atoms with Gasteiger partial charge in [0.25, 0.3) is 5.69 Å². The van der Waals surface area contributed by atoms with Crippen molar-refractivity contribution >= 4 is 16.6 Å². The fourth-order valence-electron chi connectivity index (χ4n) is 4.38. The summed E-state index contributed by atoms with van der Waals surface area (Å²) in [7, 11) is 0. The Balaban J connectivity index is 1.92. The van der Waals surface area contributed by atoms with Crippen molar-refractivity contribution in [1.82, 2.24) is 4.57 Å². The molecule has 27 heavy (non-hydrogen) atoms. The van der Waals surface area contributed by atoms with E-state index in [-0.39, 0.29) is 16.0 Å². The lowest BCUT2D eigenvalue weighted by Crippen LogP contribution is -2.14. The molecule has 0 fully saturated rings. The van der Waals surface area contributed by atoms with Crippen LogP contribution in [0, 0.1) is 10.1 Å². The third kappa shape index (κ3) is 2.04. The van der Waals surface area contributed by atoms with Crippen molar-refractivity contribution in [1.29, 1.82) is 0 Å². The molecule has 0 amide bonds. The molecule has 0 saturated carbocycles. The van der Waals surface area contributed by atoms with Crippen LogP contribution in [0.25, 0.3) is 27.7 Å². The molecule has 2 heterocycles. The molecule has 0 bridgehead atoms. The average Bonchev–Trinajstić information content (AvgIpc) is 3.17. The zero-order valence-corrected chi connectivity index (χ0v) is 15.1. The number of benzene rings is 3. The predicted molar refractivity (Wildman–Crippen MR) is 107 cm³/mol. The molecule has 0 N–H and O–H groups in total. The summed E-state index contributed by atoms with van der Waals surface area (Å²) in [4.78, 5) is 11.3. The Morgan fingerprint density at radius 2 is 1.59 bits per heavy atom. The number of rotatable bonds is 2. The molecule has 4 nitrogen and oxygen atoms in total. The van der Waals surface area contributed by atoms with Crippen molar-refractivity contribution in [3.63, 3.8) is 0 Å². The zero-order chi connectivity index (χ0) is 18.8. The van der Waals surface area contributed by atoms with Gasteiger partial charge in [-0.15, -0.1) is 0 Å². The van der Waals surface area contributed by atoms with E-state index >= 15 is 0 Å². The first kappa shape index (κ1) is 15.8. The SMILES string of the molecule is CC1(C)c2ccccc2-n2c1cc1cccc(-c3ccccc3[N+](=O)[O-])c12. The van der Waals surface area contributed by atoms with Gasteiger partial charge < -0.3 is 4.57 Å². The second-order valence-corrected chi connectivity index (χ2v) is 7.52. The van der Waals surface area contributed by atoms with Gasteiger partial charge in [-0.05, 0) is 23.8 Å².